The van der Waals surface area contributed by atoms with Crippen LogP contribution in [-0.4, -0.2) is 11.9 Å². The molecular weight excluding hydrogens is 156 g/mol. The van der Waals surface area contributed by atoms with Crippen LogP contribution in [0.4, 0.5) is 0 Å². The zero-order chi connectivity index (χ0) is 9.40. The van der Waals surface area contributed by atoms with Gasteiger partial charge in [0.1, 0.15) is 0 Å². The molecule has 0 aromatic rings. The van der Waals surface area contributed by atoms with Crippen molar-refractivity contribution >= 4 is 11.9 Å². The minimum atomic E-state index is -0.480. The summed E-state index contributed by atoms with van der Waals surface area (Å²) in [5, 5.41) is 0. The van der Waals surface area contributed by atoms with Gasteiger partial charge in [-0.2, -0.15) is 0 Å². The molecule has 0 spiro atoms. The Bertz CT molecular complexity index is 182. The number of rotatable bonds is 4. The number of hydrogen-bond acceptors (Lipinski definition) is 3. The number of esters is 2. The van der Waals surface area contributed by atoms with Crippen LogP contribution in [-0.2, 0) is 14.3 Å². The van der Waals surface area contributed by atoms with Crippen molar-refractivity contribution < 1.29 is 14.3 Å². The van der Waals surface area contributed by atoms with Crippen LogP contribution in [0.3, 0.4) is 0 Å². The Kier molecular flexibility index (Phi) is 5.97. The van der Waals surface area contributed by atoms with Crippen LogP contribution in [0.1, 0.15) is 33.1 Å². The van der Waals surface area contributed by atoms with Gasteiger partial charge < -0.3 is 4.74 Å². The van der Waals surface area contributed by atoms with E-state index < -0.39 is 11.9 Å². The van der Waals surface area contributed by atoms with Gasteiger partial charge in [0.25, 0.3) is 0 Å². The number of allylic oxidation sites excluding steroid dienone is 1. The molecule has 0 atom stereocenters. The molecule has 12 heavy (non-hydrogen) atoms. The lowest BCUT2D eigenvalue weighted by Gasteiger charge is -1.96. The van der Waals surface area contributed by atoms with Gasteiger partial charge in [0.15, 0.2) is 0 Å². The zero-order valence-electron chi connectivity index (χ0n) is 7.50. The molecule has 68 valence electrons. The third-order valence-electron chi connectivity index (χ3n) is 1.20. The zero-order valence-corrected chi connectivity index (χ0v) is 7.50. The van der Waals surface area contributed by atoms with Crippen molar-refractivity contribution in [3.05, 3.63) is 12.2 Å². The summed E-state index contributed by atoms with van der Waals surface area (Å²) in [5.41, 5.74) is 0. The lowest BCUT2D eigenvalue weighted by molar-refractivity contribution is -0.158. The molecule has 0 aromatic heterocycles. The molecule has 0 unspecified atom stereocenters. The number of ether oxygens (including phenoxy) is 1. The SMILES string of the molecule is CC/C=C\CC(=O)OC(=O)CC. The second-order valence-corrected chi connectivity index (χ2v) is 2.28. The lowest BCUT2D eigenvalue weighted by atomic mass is 10.3. The average Bonchev–Trinajstić information content (AvgIpc) is 2.05. The van der Waals surface area contributed by atoms with E-state index in [0.717, 1.165) is 6.42 Å². The number of hydrogen-bond donors (Lipinski definition) is 0. The molecule has 0 aliphatic heterocycles. The quantitative estimate of drug-likeness (QED) is 0.367. The van der Waals surface area contributed by atoms with E-state index in [0.29, 0.717) is 0 Å². The van der Waals surface area contributed by atoms with Crippen molar-refractivity contribution in [3.8, 4) is 0 Å². The van der Waals surface area contributed by atoms with Crippen molar-refractivity contribution in [1.82, 2.24) is 0 Å². The molecule has 0 aliphatic rings. The molecule has 3 heteroatoms. The Balaban J connectivity index is 3.60. The van der Waals surface area contributed by atoms with Crippen molar-refractivity contribution in [1.29, 1.82) is 0 Å². The molecular formula is C9H14O3. The summed E-state index contributed by atoms with van der Waals surface area (Å²) >= 11 is 0. The van der Waals surface area contributed by atoms with Gasteiger partial charge >= 0.3 is 11.9 Å². The highest BCUT2D eigenvalue weighted by atomic mass is 16.6. The summed E-state index contributed by atoms with van der Waals surface area (Å²) < 4.78 is 4.42. The third-order valence-corrected chi connectivity index (χ3v) is 1.20. The van der Waals surface area contributed by atoms with Crippen LogP contribution >= 0.6 is 0 Å². The molecule has 0 aromatic carbocycles. The summed E-state index contributed by atoms with van der Waals surface area (Å²) in [5.74, 6) is -0.948. The summed E-state index contributed by atoms with van der Waals surface area (Å²) in [6.07, 6.45) is 4.86. The van der Waals surface area contributed by atoms with E-state index in [2.05, 4.69) is 4.74 Å². The lowest BCUT2D eigenvalue weighted by Crippen LogP contribution is -2.09. The largest absolute Gasteiger partial charge is 0.393 e. The van der Waals surface area contributed by atoms with Crippen molar-refractivity contribution in [2.75, 3.05) is 0 Å². The molecule has 0 heterocycles. The maximum atomic E-state index is 10.8. The van der Waals surface area contributed by atoms with E-state index in [1.807, 2.05) is 13.0 Å². The fourth-order valence-corrected chi connectivity index (χ4v) is 0.587. The van der Waals surface area contributed by atoms with Crippen molar-refractivity contribution in [2.24, 2.45) is 0 Å². The van der Waals surface area contributed by atoms with Gasteiger partial charge in [-0.1, -0.05) is 26.0 Å². The summed E-state index contributed by atoms with van der Waals surface area (Å²) in [6.45, 7) is 3.62. The Morgan fingerprint density at radius 1 is 1.17 bits per heavy atom. The van der Waals surface area contributed by atoms with Crippen LogP contribution in [0.2, 0.25) is 0 Å². The van der Waals surface area contributed by atoms with E-state index in [4.69, 9.17) is 0 Å². The first-order valence-electron chi connectivity index (χ1n) is 4.09. The first-order chi connectivity index (χ1) is 5.70. The third kappa shape index (κ3) is 5.65. The van der Waals surface area contributed by atoms with E-state index in [9.17, 15) is 9.59 Å². The summed E-state index contributed by atoms with van der Waals surface area (Å²) in [6, 6.07) is 0. The van der Waals surface area contributed by atoms with Gasteiger partial charge in [-0.15, -0.1) is 0 Å². The van der Waals surface area contributed by atoms with Crippen LogP contribution in [0.15, 0.2) is 12.2 Å². The van der Waals surface area contributed by atoms with Gasteiger partial charge in [0.2, 0.25) is 0 Å². The van der Waals surface area contributed by atoms with Crippen LogP contribution in [0, 0.1) is 0 Å². The Hall–Kier alpha value is -1.12. The molecule has 0 N–H and O–H groups in total. The minimum Gasteiger partial charge on any atom is -0.393 e. The summed E-state index contributed by atoms with van der Waals surface area (Å²) in [4.78, 5) is 21.4. The van der Waals surface area contributed by atoms with Gasteiger partial charge in [-0.05, 0) is 6.42 Å². The fourth-order valence-electron chi connectivity index (χ4n) is 0.587. The molecule has 0 amide bonds. The Morgan fingerprint density at radius 3 is 2.33 bits per heavy atom. The van der Waals surface area contributed by atoms with E-state index in [-0.39, 0.29) is 12.8 Å². The highest BCUT2D eigenvalue weighted by molar-refractivity contribution is 5.85. The van der Waals surface area contributed by atoms with Gasteiger partial charge in [0.05, 0.1) is 6.42 Å². The number of carbonyl (C=O) groups excluding carboxylic acids is 2. The second kappa shape index (κ2) is 6.58. The minimum absolute atomic E-state index is 0.180. The number of carbonyl (C=O) groups is 2. The maximum Gasteiger partial charge on any atom is 0.317 e. The highest BCUT2D eigenvalue weighted by Gasteiger charge is 2.04. The first kappa shape index (κ1) is 10.9. The molecule has 0 bridgehead atoms. The van der Waals surface area contributed by atoms with Crippen LogP contribution in [0.5, 0.6) is 0 Å². The monoisotopic (exact) mass is 170 g/mol. The highest BCUT2D eigenvalue weighted by Crippen LogP contribution is 1.92. The maximum absolute atomic E-state index is 10.8. The topological polar surface area (TPSA) is 43.4 Å². The second-order valence-electron chi connectivity index (χ2n) is 2.28. The van der Waals surface area contributed by atoms with Crippen LogP contribution < -0.4 is 0 Å². The fraction of sp³-hybridized carbons (Fsp3) is 0.556. The van der Waals surface area contributed by atoms with Crippen LogP contribution in [0.25, 0.3) is 0 Å². The molecule has 3 nitrogen and oxygen atoms in total. The van der Waals surface area contributed by atoms with Gasteiger partial charge in [0, 0.05) is 6.42 Å². The van der Waals surface area contributed by atoms with E-state index in [1.54, 1.807) is 13.0 Å². The van der Waals surface area contributed by atoms with E-state index >= 15 is 0 Å². The molecule has 0 saturated heterocycles. The Labute approximate surface area is 72.4 Å². The normalized spacial score (nSPS) is 10.2. The molecule has 0 fully saturated rings. The standard InChI is InChI=1S/C9H14O3/c1-3-5-6-7-9(11)12-8(10)4-2/h5-6H,3-4,7H2,1-2H3/b6-5-. The predicted molar refractivity (Wildman–Crippen MR) is 45.4 cm³/mol. The Morgan fingerprint density at radius 2 is 1.83 bits per heavy atom. The first-order valence-corrected chi connectivity index (χ1v) is 4.09. The average molecular weight is 170 g/mol. The van der Waals surface area contributed by atoms with Gasteiger partial charge in [-0.3, -0.25) is 9.59 Å². The van der Waals surface area contributed by atoms with E-state index in [1.165, 1.54) is 0 Å². The van der Waals surface area contributed by atoms with Crippen molar-refractivity contribution in [3.63, 3.8) is 0 Å². The molecule has 0 radical (unpaired) electrons. The smallest absolute Gasteiger partial charge is 0.317 e. The van der Waals surface area contributed by atoms with Crippen molar-refractivity contribution in [2.45, 2.75) is 33.1 Å². The molecule has 0 aliphatic carbocycles. The molecule has 0 saturated carbocycles. The summed E-state index contributed by atoms with van der Waals surface area (Å²) in [7, 11) is 0. The predicted octanol–water partition coefficient (Wildman–Crippen LogP) is 1.82. The van der Waals surface area contributed by atoms with Gasteiger partial charge in [-0.25, -0.2) is 0 Å². The molecule has 0 rings (SSSR count).